The number of hydrogen-bond acceptors (Lipinski definition) is 7. The van der Waals surface area contributed by atoms with E-state index in [1.807, 2.05) is 62.4 Å². The normalized spacial score (nSPS) is 11.7. The molecule has 0 fully saturated rings. The SMILES string of the molecule is Cc1ccc(-c2ccc(C(=O)N[C@@H](Cc3ccc(-c4noc(-c5ccc(C)cc5)n4)c(F)c3)OC=O)o2)cc1. The van der Waals surface area contributed by atoms with Crippen LogP contribution in [0.1, 0.15) is 27.2 Å². The summed E-state index contributed by atoms with van der Waals surface area (Å²) in [5.41, 5.74) is 4.37. The van der Waals surface area contributed by atoms with E-state index >= 15 is 4.39 Å². The van der Waals surface area contributed by atoms with Gasteiger partial charge in [0.05, 0.1) is 5.56 Å². The number of aryl methyl sites for hydroxylation is 2. The number of nitrogens with one attached hydrogen (secondary N) is 1. The third-order valence-electron chi connectivity index (χ3n) is 6.10. The molecule has 0 unspecified atom stereocenters. The lowest BCUT2D eigenvalue weighted by molar-refractivity contribution is -0.134. The molecule has 5 aromatic rings. The highest BCUT2D eigenvalue weighted by molar-refractivity contribution is 5.92. The second kappa shape index (κ2) is 11.1. The van der Waals surface area contributed by atoms with Gasteiger partial charge in [-0.05, 0) is 55.8 Å². The maximum atomic E-state index is 15.0. The van der Waals surface area contributed by atoms with Crippen LogP contribution in [0.4, 0.5) is 4.39 Å². The molecule has 0 spiro atoms. The van der Waals surface area contributed by atoms with Gasteiger partial charge in [0, 0.05) is 17.5 Å². The van der Waals surface area contributed by atoms with Crippen LogP contribution in [0.15, 0.2) is 87.8 Å². The van der Waals surface area contributed by atoms with E-state index in [1.165, 1.54) is 18.2 Å². The Kier molecular flexibility index (Phi) is 7.31. The van der Waals surface area contributed by atoms with Crippen LogP contribution >= 0.6 is 0 Å². The average Bonchev–Trinajstić information content (AvgIpc) is 3.61. The Hall–Kier alpha value is -5.05. The van der Waals surface area contributed by atoms with Crippen molar-refractivity contribution in [2.45, 2.75) is 26.5 Å². The third-order valence-corrected chi connectivity index (χ3v) is 6.10. The fraction of sp³-hybridized carbons (Fsp3) is 0.133. The predicted octanol–water partition coefficient (Wildman–Crippen LogP) is 5.89. The lowest BCUT2D eigenvalue weighted by atomic mass is 10.1. The fourth-order valence-corrected chi connectivity index (χ4v) is 3.98. The first-order chi connectivity index (χ1) is 18.9. The van der Waals surface area contributed by atoms with Crippen LogP contribution in [0.5, 0.6) is 0 Å². The molecule has 0 aliphatic carbocycles. The molecule has 39 heavy (non-hydrogen) atoms. The summed E-state index contributed by atoms with van der Waals surface area (Å²) in [6.07, 6.45) is -1.03. The molecule has 5 rings (SSSR count). The fourth-order valence-electron chi connectivity index (χ4n) is 3.98. The Labute approximate surface area is 223 Å². The largest absolute Gasteiger partial charge is 0.451 e. The Morgan fingerprint density at radius 2 is 1.67 bits per heavy atom. The molecule has 2 aromatic heterocycles. The molecule has 0 saturated heterocycles. The smallest absolute Gasteiger partial charge is 0.295 e. The zero-order valence-corrected chi connectivity index (χ0v) is 21.2. The highest BCUT2D eigenvalue weighted by Gasteiger charge is 2.20. The van der Waals surface area contributed by atoms with Crippen molar-refractivity contribution in [1.82, 2.24) is 15.5 Å². The van der Waals surface area contributed by atoms with Crippen LogP contribution in [-0.4, -0.2) is 28.7 Å². The first-order valence-corrected chi connectivity index (χ1v) is 12.2. The van der Waals surface area contributed by atoms with Gasteiger partial charge in [-0.15, -0.1) is 0 Å². The maximum Gasteiger partial charge on any atom is 0.295 e. The zero-order valence-electron chi connectivity index (χ0n) is 21.2. The Morgan fingerprint density at radius 1 is 0.974 bits per heavy atom. The zero-order chi connectivity index (χ0) is 27.4. The van der Waals surface area contributed by atoms with Crippen LogP contribution in [0, 0.1) is 19.7 Å². The van der Waals surface area contributed by atoms with Gasteiger partial charge >= 0.3 is 0 Å². The van der Waals surface area contributed by atoms with Crippen molar-refractivity contribution in [1.29, 1.82) is 0 Å². The van der Waals surface area contributed by atoms with Crippen molar-refractivity contribution in [3.63, 3.8) is 0 Å². The predicted molar refractivity (Wildman–Crippen MR) is 141 cm³/mol. The monoisotopic (exact) mass is 525 g/mol. The van der Waals surface area contributed by atoms with E-state index in [4.69, 9.17) is 13.7 Å². The van der Waals surface area contributed by atoms with Crippen LogP contribution < -0.4 is 5.32 Å². The molecular weight excluding hydrogens is 501 g/mol. The molecule has 0 aliphatic heterocycles. The minimum absolute atomic E-state index is 0.0219. The maximum absolute atomic E-state index is 15.0. The van der Waals surface area contributed by atoms with Gasteiger partial charge in [-0.1, -0.05) is 58.7 Å². The summed E-state index contributed by atoms with van der Waals surface area (Å²) in [7, 11) is 0. The molecule has 3 aromatic carbocycles. The van der Waals surface area contributed by atoms with Gasteiger partial charge in [0.25, 0.3) is 18.3 Å². The molecule has 196 valence electrons. The Bertz CT molecular complexity index is 1610. The summed E-state index contributed by atoms with van der Waals surface area (Å²) in [5.74, 6) is -0.211. The lowest BCUT2D eigenvalue weighted by Crippen LogP contribution is -2.38. The molecular formula is C30H24FN3O5. The van der Waals surface area contributed by atoms with Crippen LogP contribution in [0.25, 0.3) is 34.2 Å². The number of furan rings is 1. The van der Waals surface area contributed by atoms with E-state index in [0.29, 0.717) is 11.3 Å². The number of ether oxygens (including phenoxy) is 1. The molecule has 1 atom stereocenters. The van der Waals surface area contributed by atoms with E-state index in [1.54, 1.807) is 12.1 Å². The topological polar surface area (TPSA) is 107 Å². The Balaban J connectivity index is 1.27. The van der Waals surface area contributed by atoms with E-state index in [9.17, 15) is 9.59 Å². The van der Waals surface area contributed by atoms with Crippen molar-refractivity contribution in [2.24, 2.45) is 0 Å². The number of aromatic nitrogens is 2. The number of rotatable bonds is 9. The quantitative estimate of drug-likeness (QED) is 0.189. The summed E-state index contributed by atoms with van der Waals surface area (Å²) in [6, 6.07) is 22.8. The standard InChI is InChI=1S/C30H24FN3O5/c1-18-3-8-21(9-4-18)25-13-14-26(38-25)29(36)32-27(37-17-35)16-20-7-12-23(24(31)15-20)28-33-30(39-34-28)22-10-5-19(2)6-11-22/h3-15,17,27H,16H2,1-2H3,(H,32,36)/t27-/m1/s1. The van der Waals surface area contributed by atoms with E-state index in [2.05, 4.69) is 15.5 Å². The van der Waals surface area contributed by atoms with E-state index < -0.39 is 18.0 Å². The number of benzene rings is 3. The van der Waals surface area contributed by atoms with Crippen molar-refractivity contribution in [3.8, 4) is 34.2 Å². The van der Waals surface area contributed by atoms with Gasteiger partial charge in [-0.3, -0.25) is 9.59 Å². The molecule has 2 heterocycles. The molecule has 1 amide bonds. The molecule has 0 radical (unpaired) electrons. The lowest BCUT2D eigenvalue weighted by Gasteiger charge is -2.16. The average molecular weight is 526 g/mol. The van der Waals surface area contributed by atoms with Crippen LogP contribution in [0.3, 0.4) is 0 Å². The van der Waals surface area contributed by atoms with Crippen molar-refractivity contribution in [3.05, 3.63) is 107 Å². The highest BCUT2D eigenvalue weighted by atomic mass is 19.1. The van der Waals surface area contributed by atoms with Crippen LogP contribution in [0.2, 0.25) is 0 Å². The number of carbonyl (C=O) groups excluding carboxylic acids is 2. The van der Waals surface area contributed by atoms with Gasteiger partial charge in [0.1, 0.15) is 11.6 Å². The van der Waals surface area contributed by atoms with Crippen molar-refractivity contribution < 1.29 is 27.7 Å². The van der Waals surface area contributed by atoms with Gasteiger partial charge in [0.2, 0.25) is 5.82 Å². The molecule has 8 nitrogen and oxygen atoms in total. The first-order valence-electron chi connectivity index (χ1n) is 12.2. The second-order valence-electron chi connectivity index (χ2n) is 9.03. The van der Waals surface area contributed by atoms with Crippen molar-refractivity contribution >= 4 is 12.4 Å². The third kappa shape index (κ3) is 5.93. The highest BCUT2D eigenvalue weighted by Crippen LogP contribution is 2.26. The minimum Gasteiger partial charge on any atom is -0.451 e. The summed E-state index contributed by atoms with van der Waals surface area (Å²) in [6.45, 7) is 4.17. The number of carbonyl (C=O) groups is 2. The van der Waals surface area contributed by atoms with Gasteiger partial charge in [-0.2, -0.15) is 4.98 Å². The molecule has 0 bridgehead atoms. The number of nitrogens with zero attached hydrogens (tertiary/aromatic N) is 2. The second-order valence-corrected chi connectivity index (χ2v) is 9.03. The van der Waals surface area contributed by atoms with Gasteiger partial charge in [-0.25, -0.2) is 4.39 Å². The molecule has 9 heteroatoms. The van der Waals surface area contributed by atoms with Crippen molar-refractivity contribution in [2.75, 3.05) is 0 Å². The van der Waals surface area contributed by atoms with E-state index in [-0.39, 0.29) is 35.9 Å². The summed E-state index contributed by atoms with van der Waals surface area (Å²) in [4.78, 5) is 28.2. The van der Waals surface area contributed by atoms with Crippen LogP contribution in [-0.2, 0) is 16.0 Å². The van der Waals surface area contributed by atoms with Gasteiger partial charge in [0.15, 0.2) is 12.0 Å². The minimum atomic E-state index is -1.05. The summed E-state index contributed by atoms with van der Waals surface area (Å²) in [5, 5.41) is 6.50. The number of halogens is 1. The first kappa shape index (κ1) is 25.6. The number of amides is 1. The Morgan fingerprint density at radius 3 is 2.33 bits per heavy atom. The molecule has 0 saturated carbocycles. The summed E-state index contributed by atoms with van der Waals surface area (Å²) < 4.78 is 31.1. The summed E-state index contributed by atoms with van der Waals surface area (Å²) >= 11 is 0. The number of hydrogen-bond donors (Lipinski definition) is 1. The van der Waals surface area contributed by atoms with Gasteiger partial charge < -0.3 is 19.0 Å². The van der Waals surface area contributed by atoms with E-state index in [0.717, 1.165) is 22.3 Å². The molecule has 1 N–H and O–H groups in total. The molecule has 0 aliphatic rings.